The minimum Gasteiger partial charge on any atom is -0.393 e. The molecule has 0 aromatic heterocycles. The molecule has 33 heavy (non-hydrogen) atoms. The van der Waals surface area contributed by atoms with Crippen LogP contribution < -0.4 is 5.32 Å². The molecule has 3 aliphatic rings. The highest BCUT2D eigenvalue weighted by Crippen LogP contribution is 2.38. The molecule has 4 atom stereocenters. The van der Waals surface area contributed by atoms with Crippen molar-refractivity contribution in [3.05, 3.63) is 58.1 Å². The number of alkyl halides is 1. The van der Waals surface area contributed by atoms with Gasteiger partial charge in [-0.2, -0.15) is 0 Å². The molecule has 2 aliphatic carbocycles. The maximum Gasteiger partial charge on any atom is 0.115 e. The Morgan fingerprint density at radius 2 is 2.15 bits per heavy atom. The second-order valence-corrected chi connectivity index (χ2v) is 9.41. The van der Waals surface area contributed by atoms with Crippen LogP contribution in [0.3, 0.4) is 0 Å². The van der Waals surface area contributed by atoms with Crippen LogP contribution in [0.25, 0.3) is 0 Å². The lowest BCUT2D eigenvalue weighted by Gasteiger charge is -2.43. The molecule has 0 saturated heterocycles. The lowest BCUT2D eigenvalue weighted by Crippen LogP contribution is -2.43. The number of hydrogen-bond donors (Lipinski definition) is 2. The van der Waals surface area contributed by atoms with Gasteiger partial charge >= 0.3 is 0 Å². The molecule has 2 N–H and O–H groups in total. The molecule has 1 aliphatic heterocycles. The fourth-order valence-corrected chi connectivity index (χ4v) is 5.30. The summed E-state index contributed by atoms with van der Waals surface area (Å²) in [6, 6.07) is 0.283. The van der Waals surface area contributed by atoms with Gasteiger partial charge in [0.2, 0.25) is 0 Å². The third-order valence-electron chi connectivity index (χ3n) is 6.94. The summed E-state index contributed by atoms with van der Waals surface area (Å²) in [6.45, 7) is 7.03. The predicted molar refractivity (Wildman–Crippen MR) is 137 cm³/mol. The molecule has 5 heteroatoms. The molecule has 0 fully saturated rings. The van der Waals surface area contributed by atoms with Crippen LogP contribution in [0.5, 0.6) is 0 Å². The van der Waals surface area contributed by atoms with Gasteiger partial charge in [-0.1, -0.05) is 30.9 Å². The molecule has 3 rings (SSSR count). The Bertz CT molecular complexity index is 968. The average molecular weight is 451 g/mol. The van der Waals surface area contributed by atoms with E-state index in [-0.39, 0.29) is 6.04 Å². The van der Waals surface area contributed by atoms with E-state index < -0.39 is 12.1 Å². The standard InChI is InChI=1S/C28H39FN4/c1-7-21-14-19(2)27(32(5)6)16-28(21)33-13-9-10-22-15-25(23(17-30)18-31-4)24(20(3)29)11-8-12-26(22)33/h14-18,20-21,24,28,30-31H,7,9-10,12-13H2,1-6H3/b23-18+,25-15-,30-17?. The smallest absolute Gasteiger partial charge is 0.115 e. The maximum atomic E-state index is 14.6. The van der Waals surface area contributed by atoms with E-state index >= 15 is 0 Å². The van der Waals surface area contributed by atoms with Crippen molar-refractivity contribution in [2.45, 2.75) is 58.7 Å². The molecular weight excluding hydrogens is 411 g/mol. The Labute approximate surface area is 199 Å². The third kappa shape index (κ3) is 5.27. The molecule has 4 unspecified atom stereocenters. The summed E-state index contributed by atoms with van der Waals surface area (Å²) in [7, 11) is 6.02. The van der Waals surface area contributed by atoms with Gasteiger partial charge in [-0.25, -0.2) is 4.39 Å². The first-order valence-electron chi connectivity index (χ1n) is 12.1. The maximum absolute atomic E-state index is 14.6. The number of nitrogens with one attached hydrogen (secondary N) is 2. The van der Waals surface area contributed by atoms with Crippen molar-refractivity contribution in [3.63, 3.8) is 0 Å². The first-order chi connectivity index (χ1) is 15.8. The number of rotatable bonds is 7. The van der Waals surface area contributed by atoms with Gasteiger partial charge in [0.25, 0.3) is 0 Å². The molecule has 0 bridgehead atoms. The zero-order valence-corrected chi connectivity index (χ0v) is 21.0. The van der Waals surface area contributed by atoms with Crippen molar-refractivity contribution in [1.29, 1.82) is 5.41 Å². The first kappa shape index (κ1) is 24.9. The predicted octanol–water partition coefficient (Wildman–Crippen LogP) is 5.20. The van der Waals surface area contributed by atoms with E-state index in [9.17, 15) is 4.39 Å². The van der Waals surface area contributed by atoms with Gasteiger partial charge in [-0.15, -0.1) is 0 Å². The van der Waals surface area contributed by atoms with Crippen LogP contribution in [-0.2, 0) is 0 Å². The summed E-state index contributed by atoms with van der Waals surface area (Å²) in [5.74, 6) is 6.43. The van der Waals surface area contributed by atoms with Gasteiger partial charge in [0, 0.05) is 69.4 Å². The Morgan fingerprint density at radius 1 is 1.39 bits per heavy atom. The number of likely N-dealkylation sites (N-methyl/N-ethyl adjacent to an activating group) is 1. The Hall–Kier alpha value is -2.74. The lowest BCUT2D eigenvalue weighted by molar-refractivity contribution is 0.218. The number of nitrogens with zero attached hydrogens (tertiary/aromatic N) is 2. The SMILES string of the molecule is CCC1C=C(C)C(N(C)C)=CC1N1CCCC2=C1CC#CC(C(C)F)C(/C(C=N)=C/NC)=C\2. The van der Waals surface area contributed by atoms with Crippen LogP contribution in [0.1, 0.15) is 46.5 Å². The number of hydrogen-bond acceptors (Lipinski definition) is 4. The molecule has 1 heterocycles. The van der Waals surface area contributed by atoms with Gasteiger partial charge in [-0.05, 0) is 55.9 Å². The van der Waals surface area contributed by atoms with E-state index in [0.29, 0.717) is 17.9 Å². The highest BCUT2D eigenvalue weighted by Gasteiger charge is 2.33. The van der Waals surface area contributed by atoms with Crippen molar-refractivity contribution in [2.24, 2.45) is 11.8 Å². The van der Waals surface area contributed by atoms with Crippen LogP contribution in [0.4, 0.5) is 4.39 Å². The highest BCUT2D eigenvalue weighted by molar-refractivity contribution is 5.83. The Kier molecular flexibility index (Phi) is 8.24. The fraction of sp³-hybridized carbons (Fsp3) is 0.536. The van der Waals surface area contributed by atoms with E-state index in [4.69, 9.17) is 5.41 Å². The molecule has 0 aromatic carbocycles. The molecular formula is C28H39FN4. The zero-order valence-electron chi connectivity index (χ0n) is 21.0. The summed E-state index contributed by atoms with van der Waals surface area (Å²) in [5, 5.41) is 10.9. The van der Waals surface area contributed by atoms with Gasteiger partial charge in [0.15, 0.2) is 0 Å². The second kappa shape index (κ2) is 10.9. The molecule has 0 aromatic rings. The van der Waals surface area contributed by atoms with Gasteiger partial charge in [-0.3, -0.25) is 0 Å². The largest absolute Gasteiger partial charge is 0.393 e. The normalized spacial score (nSPS) is 28.1. The summed E-state index contributed by atoms with van der Waals surface area (Å²) in [5.41, 5.74) is 6.59. The van der Waals surface area contributed by atoms with Crippen molar-refractivity contribution < 1.29 is 4.39 Å². The van der Waals surface area contributed by atoms with E-state index in [0.717, 1.165) is 31.4 Å². The monoisotopic (exact) mass is 450 g/mol. The minimum absolute atomic E-state index is 0.283. The van der Waals surface area contributed by atoms with Gasteiger partial charge in [0.1, 0.15) is 6.17 Å². The van der Waals surface area contributed by atoms with Crippen molar-refractivity contribution in [3.8, 4) is 11.8 Å². The molecule has 4 nitrogen and oxygen atoms in total. The van der Waals surface area contributed by atoms with E-state index in [1.807, 2.05) is 0 Å². The topological polar surface area (TPSA) is 42.4 Å². The van der Waals surface area contributed by atoms with E-state index in [1.54, 1.807) is 20.2 Å². The molecule has 0 radical (unpaired) electrons. The van der Waals surface area contributed by atoms with E-state index in [2.05, 4.69) is 73.1 Å². The van der Waals surface area contributed by atoms with Crippen LogP contribution in [0.2, 0.25) is 0 Å². The fourth-order valence-electron chi connectivity index (χ4n) is 5.30. The van der Waals surface area contributed by atoms with Crippen LogP contribution in [0, 0.1) is 29.1 Å². The average Bonchev–Trinajstić information content (AvgIpc) is 2.77. The zero-order chi connectivity index (χ0) is 24.1. The molecule has 0 spiro atoms. The summed E-state index contributed by atoms with van der Waals surface area (Å²) < 4.78 is 14.6. The molecule has 178 valence electrons. The second-order valence-electron chi connectivity index (χ2n) is 9.41. The van der Waals surface area contributed by atoms with Crippen LogP contribution >= 0.6 is 0 Å². The lowest BCUT2D eigenvalue weighted by atomic mass is 9.82. The van der Waals surface area contributed by atoms with Crippen LogP contribution in [0.15, 0.2) is 58.1 Å². The van der Waals surface area contributed by atoms with Gasteiger partial charge in [0.05, 0.1) is 12.0 Å². The van der Waals surface area contributed by atoms with Crippen molar-refractivity contribution >= 4 is 6.21 Å². The van der Waals surface area contributed by atoms with Crippen molar-refractivity contribution in [2.75, 3.05) is 27.7 Å². The third-order valence-corrected chi connectivity index (χ3v) is 6.94. The Morgan fingerprint density at radius 3 is 2.76 bits per heavy atom. The van der Waals surface area contributed by atoms with Gasteiger partial charge < -0.3 is 20.5 Å². The summed E-state index contributed by atoms with van der Waals surface area (Å²) in [4.78, 5) is 4.75. The number of halogens is 1. The summed E-state index contributed by atoms with van der Waals surface area (Å²) in [6.07, 6.45) is 12.7. The quantitative estimate of drug-likeness (QED) is 0.414. The highest BCUT2D eigenvalue weighted by atomic mass is 19.1. The van der Waals surface area contributed by atoms with E-state index in [1.165, 1.54) is 28.8 Å². The molecule has 0 amide bonds. The minimum atomic E-state index is -1.10. The molecule has 0 saturated carbocycles. The Balaban J connectivity index is 2.12. The first-order valence-corrected chi connectivity index (χ1v) is 12.1. The van der Waals surface area contributed by atoms with Crippen molar-refractivity contribution in [1.82, 2.24) is 15.1 Å². The summed E-state index contributed by atoms with van der Waals surface area (Å²) >= 11 is 0. The number of allylic oxidation sites excluding steroid dienone is 6. The van der Waals surface area contributed by atoms with Crippen LogP contribution in [-0.4, -0.2) is 55.9 Å².